The van der Waals surface area contributed by atoms with Crippen molar-refractivity contribution < 1.29 is 9.90 Å². The molecule has 0 aliphatic carbocycles. The Kier molecular flexibility index (Phi) is 4.27. The number of aromatic nitrogens is 1. The third kappa shape index (κ3) is 2.55. The smallest absolute Gasteiger partial charge is 0.354 e. The Labute approximate surface area is 125 Å². The second-order valence-electron chi connectivity index (χ2n) is 4.13. The Morgan fingerprint density at radius 3 is 2.89 bits per heavy atom. The highest BCUT2D eigenvalue weighted by Crippen LogP contribution is 2.53. The molecule has 2 heterocycles. The number of aromatic carboxylic acids is 1. The van der Waals surface area contributed by atoms with E-state index in [1.165, 1.54) is 22.2 Å². The van der Waals surface area contributed by atoms with E-state index in [1.54, 1.807) is 12.1 Å². The second-order valence-corrected chi connectivity index (χ2v) is 6.76. The molecule has 1 aliphatic rings. The number of carboxylic acid groups (broad SMARTS) is 1. The van der Waals surface area contributed by atoms with E-state index in [1.807, 2.05) is 6.92 Å². The summed E-state index contributed by atoms with van der Waals surface area (Å²) in [7, 11) is 0. The van der Waals surface area contributed by atoms with Crippen LogP contribution in [-0.2, 0) is 4.21 Å². The number of rotatable bonds is 3. The molecule has 3 atom stereocenters. The van der Waals surface area contributed by atoms with Crippen molar-refractivity contribution >= 4 is 41.1 Å². The molecule has 1 aromatic rings. The number of carbonyl (C=O) groups is 1. The van der Waals surface area contributed by atoms with Gasteiger partial charge in [-0.3, -0.25) is 0 Å². The van der Waals surface area contributed by atoms with Crippen molar-refractivity contribution in [1.82, 2.24) is 9.40 Å². The van der Waals surface area contributed by atoms with Crippen LogP contribution in [0.3, 0.4) is 0 Å². The molecule has 104 valence electrons. The zero-order valence-corrected chi connectivity index (χ0v) is 12.4. The molecule has 1 saturated heterocycles. The van der Waals surface area contributed by atoms with E-state index >= 15 is 0 Å². The van der Waals surface area contributed by atoms with Crippen LogP contribution in [0.15, 0.2) is 18.2 Å². The molecule has 8 heteroatoms. The summed E-state index contributed by atoms with van der Waals surface area (Å²) in [5.74, 6) is -1.10. The Morgan fingerprint density at radius 1 is 1.68 bits per heavy atom. The van der Waals surface area contributed by atoms with Crippen LogP contribution >= 0.6 is 35.1 Å². The second kappa shape index (κ2) is 5.46. The highest BCUT2D eigenvalue weighted by molar-refractivity contribution is 8.02. The lowest BCUT2D eigenvalue weighted by molar-refractivity contribution is 0.0690. The minimum atomic E-state index is -1.10. The van der Waals surface area contributed by atoms with E-state index in [9.17, 15) is 4.79 Å². The van der Waals surface area contributed by atoms with Gasteiger partial charge in [-0.05, 0) is 30.3 Å². The van der Waals surface area contributed by atoms with Gasteiger partial charge in [0.1, 0.15) is 11.9 Å². The van der Waals surface area contributed by atoms with E-state index in [0.717, 1.165) is 6.42 Å². The summed E-state index contributed by atoms with van der Waals surface area (Å²) in [6.45, 7) is 1.98. The molecule has 0 aromatic carbocycles. The molecule has 0 spiro atoms. The Bertz CT molecular complexity index is 505. The maximum Gasteiger partial charge on any atom is 0.354 e. The molecular weight excluding hydrogens is 309 g/mol. The van der Waals surface area contributed by atoms with Crippen molar-refractivity contribution in [3.8, 4) is 0 Å². The van der Waals surface area contributed by atoms with Gasteiger partial charge >= 0.3 is 5.97 Å². The number of nitrogens with zero attached hydrogens (tertiary/aromatic N) is 2. The first kappa shape index (κ1) is 14.9. The summed E-state index contributed by atoms with van der Waals surface area (Å²) in [6.07, 6.45) is 0.122. The summed E-state index contributed by atoms with van der Waals surface area (Å²) in [5.41, 5.74) is 6.38. The third-order valence-corrected chi connectivity index (χ3v) is 5.77. The standard InChI is InChI=1S/C11H13Cl2N3O2S/c1-2-8-16(13)10(14)11(12,19-8)7-5-3-4-6(15-7)9(17)18/h3-5,8,10H,2,14H2,1H3,(H,17,18). The third-order valence-electron chi connectivity index (χ3n) is 2.90. The highest BCUT2D eigenvalue weighted by atomic mass is 35.5. The number of nitrogens with two attached hydrogens (primary N) is 1. The Balaban J connectivity index is 2.40. The van der Waals surface area contributed by atoms with Crippen molar-refractivity contribution in [1.29, 1.82) is 0 Å². The fourth-order valence-corrected chi connectivity index (χ4v) is 4.18. The Morgan fingerprint density at radius 2 is 2.37 bits per heavy atom. The van der Waals surface area contributed by atoms with E-state index in [2.05, 4.69) is 4.98 Å². The quantitative estimate of drug-likeness (QED) is 0.657. The lowest BCUT2D eigenvalue weighted by Gasteiger charge is -2.25. The highest BCUT2D eigenvalue weighted by Gasteiger charge is 2.52. The first-order valence-electron chi connectivity index (χ1n) is 5.67. The predicted molar refractivity (Wildman–Crippen MR) is 76.1 cm³/mol. The van der Waals surface area contributed by atoms with E-state index in [-0.39, 0.29) is 11.1 Å². The number of alkyl halides is 1. The van der Waals surface area contributed by atoms with Crippen LogP contribution in [0, 0.1) is 0 Å². The van der Waals surface area contributed by atoms with Crippen LogP contribution in [0.25, 0.3) is 0 Å². The number of thioether (sulfide) groups is 1. The minimum Gasteiger partial charge on any atom is -0.477 e. The van der Waals surface area contributed by atoms with Gasteiger partial charge < -0.3 is 10.8 Å². The molecule has 5 nitrogen and oxygen atoms in total. The number of hydrogen-bond donors (Lipinski definition) is 2. The minimum absolute atomic E-state index is 0.0375. The van der Waals surface area contributed by atoms with Gasteiger partial charge in [-0.15, -0.1) is 11.8 Å². The summed E-state index contributed by atoms with van der Waals surface area (Å²) in [4.78, 5) is 15.0. The molecule has 2 rings (SSSR count). The van der Waals surface area contributed by atoms with Crippen LogP contribution in [-0.4, -0.2) is 32.0 Å². The molecule has 1 aliphatic heterocycles. The van der Waals surface area contributed by atoms with Crippen molar-refractivity contribution in [3.63, 3.8) is 0 Å². The summed E-state index contributed by atoms with van der Waals surface area (Å²) in [5, 5.41) is 8.93. The summed E-state index contributed by atoms with van der Waals surface area (Å²) in [6, 6.07) is 4.67. The van der Waals surface area contributed by atoms with Gasteiger partial charge in [-0.25, -0.2) is 9.78 Å². The molecule has 19 heavy (non-hydrogen) atoms. The summed E-state index contributed by atoms with van der Waals surface area (Å²) < 4.78 is 0.417. The molecule has 0 bridgehead atoms. The van der Waals surface area contributed by atoms with Gasteiger partial charge in [0, 0.05) is 0 Å². The fraction of sp³-hybridized carbons (Fsp3) is 0.455. The fourth-order valence-electron chi connectivity index (χ4n) is 1.87. The maximum atomic E-state index is 11.0. The largest absolute Gasteiger partial charge is 0.477 e. The lowest BCUT2D eigenvalue weighted by atomic mass is 10.2. The van der Waals surface area contributed by atoms with Crippen LogP contribution in [0.5, 0.6) is 0 Å². The molecule has 0 amide bonds. The first-order chi connectivity index (χ1) is 8.90. The molecular formula is C11H13Cl2N3O2S. The predicted octanol–water partition coefficient (Wildman–Crippen LogP) is 2.39. The molecule has 1 fully saturated rings. The number of halogens is 2. The van der Waals surface area contributed by atoms with Gasteiger partial charge in [0.05, 0.1) is 11.1 Å². The van der Waals surface area contributed by atoms with E-state index in [0.29, 0.717) is 5.69 Å². The van der Waals surface area contributed by atoms with Crippen LogP contribution in [0.1, 0.15) is 29.5 Å². The van der Waals surface area contributed by atoms with Crippen molar-refractivity contribution in [2.75, 3.05) is 0 Å². The number of carboxylic acids is 1. The van der Waals surface area contributed by atoms with Gasteiger partial charge in [0.2, 0.25) is 0 Å². The van der Waals surface area contributed by atoms with Crippen LogP contribution in [0.2, 0.25) is 0 Å². The number of hydrogen-bond acceptors (Lipinski definition) is 5. The SMILES string of the molecule is CCC1SC(Cl)(c2cccc(C(=O)O)n2)C(N)N1Cl. The van der Waals surface area contributed by atoms with E-state index < -0.39 is 16.3 Å². The van der Waals surface area contributed by atoms with E-state index in [4.69, 9.17) is 34.2 Å². The van der Waals surface area contributed by atoms with Crippen LogP contribution < -0.4 is 5.73 Å². The maximum absolute atomic E-state index is 11.0. The van der Waals surface area contributed by atoms with Crippen molar-refractivity contribution in [2.24, 2.45) is 5.73 Å². The molecule has 0 radical (unpaired) electrons. The molecule has 0 saturated carbocycles. The van der Waals surface area contributed by atoms with Crippen molar-refractivity contribution in [2.45, 2.75) is 29.1 Å². The topological polar surface area (TPSA) is 79.4 Å². The zero-order chi connectivity index (χ0) is 14.2. The van der Waals surface area contributed by atoms with Gasteiger partial charge in [-0.2, -0.15) is 4.42 Å². The van der Waals surface area contributed by atoms with Gasteiger partial charge in [0.15, 0.2) is 4.21 Å². The normalized spacial score (nSPS) is 31.6. The number of pyridine rings is 1. The van der Waals surface area contributed by atoms with Crippen LogP contribution in [0.4, 0.5) is 0 Å². The molecule has 3 N–H and O–H groups in total. The van der Waals surface area contributed by atoms with Crippen molar-refractivity contribution in [3.05, 3.63) is 29.6 Å². The first-order valence-corrected chi connectivity index (χ1v) is 7.27. The molecule has 3 unspecified atom stereocenters. The average Bonchev–Trinajstić information content (AvgIpc) is 2.64. The Hall–Kier alpha value is -0.530. The lowest BCUT2D eigenvalue weighted by Crippen LogP contribution is -2.43. The van der Waals surface area contributed by atoms with Gasteiger partial charge in [-0.1, -0.05) is 24.6 Å². The van der Waals surface area contributed by atoms with Gasteiger partial charge in [0.25, 0.3) is 0 Å². The summed E-state index contributed by atoms with van der Waals surface area (Å²) >= 11 is 14.1. The average molecular weight is 322 g/mol. The monoisotopic (exact) mass is 321 g/mol. The molecule has 1 aromatic heterocycles. The zero-order valence-electron chi connectivity index (χ0n) is 10.1.